The summed E-state index contributed by atoms with van der Waals surface area (Å²) in [5, 5.41) is 0. The van der Waals surface area contributed by atoms with Crippen molar-refractivity contribution < 1.29 is 22.4 Å². The number of alkyl halides is 3. The van der Waals surface area contributed by atoms with Crippen molar-refractivity contribution in [3.8, 4) is 0 Å². The number of nitrogens with zero attached hydrogens (tertiary/aromatic N) is 1. The summed E-state index contributed by atoms with van der Waals surface area (Å²) in [4.78, 5) is 14.2. The molecule has 0 aliphatic carbocycles. The smallest absolute Gasteiger partial charge is 0.416 e. The van der Waals surface area contributed by atoms with Gasteiger partial charge in [0.2, 0.25) is 0 Å². The molecule has 0 atom stereocenters. The summed E-state index contributed by atoms with van der Waals surface area (Å²) >= 11 is 0. The van der Waals surface area contributed by atoms with E-state index < -0.39 is 11.7 Å². The van der Waals surface area contributed by atoms with Gasteiger partial charge in [-0.1, -0.05) is 12.1 Å². The second-order valence-corrected chi connectivity index (χ2v) is 3.65. The lowest BCUT2D eigenvalue weighted by Gasteiger charge is -2.06. The van der Waals surface area contributed by atoms with Gasteiger partial charge in [-0.3, -0.25) is 4.79 Å². The molecule has 1 aromatic heterocycles. The van der Waals surface area contributed by atoms with Crippen LogP contribution in [0.5, 0.6) is 0 Å². The lowest BCUT2D eigenvalue weighted by Crippen LogP contribution is -2.04. The third-order valence-electron chi connectivity index (χ3n) is 2.32. The molecule has 2 rings (SSSR count). The van der Waals surface area contributed by atoms with Crippen LogP contribution >= 0.6 is 0 Å². The lowest BCUT2D eigenvalue weighted by atomic mass is 10.1. The van der Waals surface area contributed by atoms with Crippen molar-refractivity contribution in [2.45, 2.75) is 12.6 Å². The van der Waals surface area contributed by atoms with Crippen molar-refractivity contribution in [3.63, 3.8) is 0 Å². The van der Waals surface area contributed by atoms with Crippen molar-refractivity contribution in [1.29, 1.82) is 0 Å². The maximum absolute atomic E-state index is 12.3. The number of carbonyl (C=O) groups is 1. The van der Waals surface area contributed by atoms with Gasteiger partial charge in [-0.05, 0) is 17.7 Å². The van der Waals surface area contributed by atoms with Gasteiger partial charge in [-0.15, -0.1) is 0 Å². The Kier molecular flexibility index (Phi) is 3.18. The van der Waals surface area contributed by atoms with E-state index in [1.165, 1.54) is 18.3 Å². The van der Waals surface area contributed by atoms with Gasteiger partial charge in [0, 0.05) is 6.42 Å². The third kappa shape index (κ3) is 2.77. The Bertz CT molecular complexity index is 543. The highest BCUT2D eigenvalue weighted by Gasteiger charge is 2.29. The molecule has 6 heteroatoms. The highest BCUT2D eigenvalue weighted by molar-refractivity contribution is 5.69. The third-order valence-corrected chi connectivity index (χ3v) is 2.32. The molecule has 2 aromatic rings. The summed E-state index contributed by atoms with van der Waals surface area (Å²) in [5.41, 5.74) is -0.0745. The van der Waals surface area contributed by atoms with Crippen molar-refractivity contribution in [2.24, 2.45) is 0 Å². The number of hydrogen-bond acceptors (Lipinski definition) is 3. The predicted molar refractivity (Wildman–Crippen MR) is 56.1 cm³/mol. The summed E-state index contributed by atoms with van der Waals surface area (Å²) in [6, 6.07) is 4.71. The van der Waals surface area contributed by atoms with Crippen molar-refractivity contribution in [3.05, 3.63) is 53.2 Å². The minimum atomic E-state index is -4.34. The monoisotopic (exact) mass is 255 g/mol. The Balaban J connectivity index is 2.13. The van der Waals surface area contributed by atoms with Crippen LogP contribution in [-0.4, -0.2) is 11.3 Å². The van der Waals surface area contributed by atoms with Crippen LogP contribution in [0.3, 0.4) is 0 Å². The van der Waals surface area contributed by atoms with E-state index in [0.29, 0.717) is 11.8 Å². The first kappa shape index (κ1) is 12.3. The van der Waals surface area contributed by atoms with E-state index >= 15 is 0 Å². The zero-order valence-electron chi connectivity index (χ0n) is 9.07. The van der Waals surface area contributed by atoms with E-state index in [9.17, 15) is 18.0 Å². The molecule has 0 bridgehead atoms. The fraction of sp³-hybridized carbons (Fsp3) is 0.167. The maximum Gasteiger partial charge on any atom is 0.416 e. The average molecular weight is 255 g/mol. The zero-order valence-corrected chi connectivity index (χ0v) is 9.07. The lowest BCUT2D eigenvalue weighted by molar-refractivity contribution is -0.137. The summed E-state index contributed by atoms with van der Waals surface area (Å²) in [5.74, 6) is 0.383. The zero-order chi connectivity index (χ0) is 13.2. The van der Waals surface area contributed by atoms with E-state index in [1.54, 1.807) is 0 Å². The molecular formula is C12H8F3NO2. The Morgan fingerprint density at radius 3 is 2.39 bits per heavy atom. The molecule has 0 aliphatic heterocycles. The van der Waals surface area contributed by atoms with Crippen LogP contribution < -0.4 is 0 Å². The first-order valence-electron chi connectivity index (χ1n) is 5.05. The molecule has 0 saturated heterocycles. The van der Waals surface area contributed by atoms with Gasteiger partial charge in [0.1, 0.15) is 0 Å². The molecule has 0 radical (unpaired) electrons. The molecule has 3 nitrogen and oxygen atoms in total. The van der Waals surface area contributed by atoms with E-state index in [4.69, 9.17) is 4.42 Å². The van der Waals surface area contributed by atoms with Crippen LogP contribution in [0.15, 0.2) is 34.9 Å². The molecule has 0 N–H and O–H groups in total. The quantitative estimate of drug-likeness (QED) is 0.791. The van der Waals surface area contributed by atoms with Gasteiger partial charge in [-0.2, -0.15) is 13.2 Å². The van der Waals surface area contributed by atoms with Crippen LogP contribution in [-0.2, 0) is 12.6 Å². The Labute approximate surface area is 100 Å². The summed E-state index contributed by atoms with van der Waals surface area (Å²) in [6.07, 6.45) is -2.31. The highest BCUT2D eigenvalue weighted by atomic mass is 19.4. The SMILES string of the molecule is O=Cc1cnc(Cc2ccc(C(F)(F)F)cc2)o1. The van der Waals surface area contributed by atoms with E-state index in [-0.39, 0.29) is 18.1 Å². The molecule has 0 aliphatic rings. The van der Waals surface area contributed by atoms with Crippen LogP contribution in [0.25, 0.3) is 0 Å². The number of hydrogen-bond donors (Lipinski definition) is 0. The molecule has 94 valence electrons. The second-order valence-electron chi connectivity index (χ2n) is 3.65. The predicted octanol–water partition coefficient (Wildman–Crippen LogP) is 3.10. The Hall–Kier alpha value is -2.11. The summed E-state index contributed by atoms with van der Waals surface area (Å²) in [7, 11) is 0. The number of carbonyl (C=O) groups excluding carboxylic acids is 1. The number of aldehydes is 1. The number of rotatable bonds is 3. The molecule has 18 heavy (non-hydrogen) atoms. The fourth-order valence-corrected chi connectivity index (χ4v) is 1.45. The van der Waals surface area contributed by atoms with Crippen LogP contribution in [0, 0.1) is 0 Å². The Morgan fingerprint density at radius 2 is 1.89 bits per heavy atom. The van der Waals surface area contributed by atoms with Crippen LogP contribution in [0.1, 0.15) is 27.6 Å². The molecule has 0 unspecified atom stereocenters. The number of benzene rings is 1. The van der Waals surface area contributed by atoms with Gasteiger partial charge >= 0.3 is 6.18 Å². The van der Waals surface area contributed by atoms with E-state index in [1.807, 2.05) is 0 Å². The van der Waals surface area contributed by atoms with E-state index in [2.05, 4.69) is 4.98 Å². The molecule has 0 spiro atoms. The van der Waals surface area contributed by atoms with Gasteiger partial charge in [0.05, 0.1) is 11.8 Å². The van der Waals surface area contributed by atoms with Gasteiger partial charge in [0.25, 0.3) is 0 Å². The molecule has 0 fully saturated rings. The molecular weight excluding hydrogens is 247 g/mol. The Morgan fingerprint density at radius 1 is 1.22 bits per heavy atom. The normalized spacial score (nSPS) is 11.5. The minimum Gasteiger partial charge on any atom is -0.438 e. The minimum absolute atomic E-state index is 0.0944. The second kappa shape index (κ2) is 4.64. The number of oxazole rings is 1. The first-order chi connectivity index (χ1) is 8.49. The van der Waals surface area contributed by atoms with Gasteiger partial charge in [0.15, 0.2) is 17.9 Å². The van der Waals surface area contributed by atoms with Crippen molar-refractivity contribution in [1.82, 2.24) is 4.98 Å². The fourth-order valence-electron chi connectivity index (χ4n) is 1.45. The largest absolute Gasteiger partial charge is 0.438 e. The number of aromatic nitrogens is 1. The average Bonchev–Trinajstić information content (AvgIpc) is 2.76. The molecule has 1 heterocycles. The number of halogens is 3. The van der Waals surface area contributed by atoms with Crippen molar-refractivity contribution in [2.75, 3.05) is 0 Å². The molecule has 1 aromatic carbocycles. The van der Waals surface area contributed by atoms with Crippen molar-refractivity contribution >= 4 is 6.29 Å². The standard InChI is InChI=1S/C12H8F3NO2/c13-12(14,15)9-3-1-8(2-4-9)5-11-16-6-10(7-17)18-11/h1-4,6-7H,5H2. The van der Waals surface area contributed by atoms with Gasteiger partial charge < -0.3 is 4.42 Å². The molecule has 0 amide bonds. The molecule has 0 saturated carbocycles. The topological polar surface area (TPSA) is 43.1 Å². The first-order valence-corrected chi connectivity index (χ1v) is 5.05. The van der Waals surface area contributed by atoms with Gasteiger partial charge in [-0.25, -0.2) is 4.98 Å². The van der Waals surface area contributed by atoms with Crippen LogP contribution in [0.4, 0.5) is 13.2 Å². The van der Waals surface area contributed by atoms with Crippen LogP contribution in [0.2, 0.25) is 0 Å². The maximum atomic E-state index is 12.3. The van der Waals surface area contributed by atoms with E-state index in [0.717, 1.165) is 12.1 Å². The summed E-state index contributed by atoms with van der Waals surface area (Å²) in [6.45, 7) is 0. The summed E-state index contributed by atoms with van der Waals surface area (Å²) < 4.78 is 42.0. The highest BCUT2D eigenvalue weighted by Crippen LogP contribution is 2.29.